The highest BCUT2D eigenvalue weighted by Gasteiger charge is 2.13. The summed E-state index contributed by atoms with van der Waals surface area (Å²) in [6.45, 7) is 0. The van der Waals surface area contributed by atoms with Gasteiger partial charge in [-0.1, -0.05) is 48.5 Å². The molecule has 1 N–H and O–H groups in total. The minimum absolute atomic E-state index is 0.0531. The average molecular weight is 302 g/mol. The van der Waals surface area contributed by atoms with Gasteiger partial charge in [0, 0.05) is 0 Å². The standard InChI is InChI=1S/C20H14O3/c21-19(13-6-2-1-3-7-13)14-10-11-16-18(12-14)23-17-9-5-4-8-15(17)20(16)22/h1-12,19,21H/t19-/m0/s1. The van der Waals surface area contributed by atoms with E-state index in [0.717, 1.165) is 5.56 Å². The van der Waals surface area contributed by atoms with E-state index < -0.39 is 6.10 Å². The van der Waals surface area contributed by atoms with E-state index in [2.05, 4.69) is 0 Å². The minimum Gasteiger partial charge on any atom is -0.456 e. The first-order chi connectivity index (χ1) is 11.2. The number of aliphatic hydroxyl groups is 1. The van der Waals surface area contributed by atoms with Crippen molar-refractivity contribution in [2.24, 2.45) is 0 Å². The van der Waals surface area contributed by atoms with E-state index in [1.165, 1.54) is 0 Å². The molecule has 4 aromatic rings. The third-order valence-electron chi connectivity index (χ3n) is 4.03. The highest BCUT2D eigenvalue weighted by atomic mass is 16.3. The van der Waals surface area contributed by atoms with E-state index in [0.29, 0.717) is 27.5 Å². The number of aliphatic hydroxyl groups excluding tert-OH is 1. The second-order valence-electron chi connectivity index (χ2n) is 5.50. The lowest BCUT2D eigenvalue weighted by Gasteiger charge is -2.12. The molecule has 0 unspecified atom stereocenters. The van der Waals surface area contributed by atoms with Gasteiger partial charge < -0.3 is 9.52 Å². The zero-order valence-electron chi connectivity index (χ0n) is 12.3. The van der Waals surface area contributed by atoms with Crippen molar-refractivity contribution in [1.82, 2.24) is 0 Å². The molecule has 3 nitrogen and oxygen atoms in total. The number of fused-ring (bicyclic) bond motifs is 2. The van der Waals surface area contributed by atoms with Gasteiger partial charge >= 0.3 is 0 Å². The molecule has 1 atom stereocenters. The fourth-order valence-corrected chi connectivity index (χ4v) is 2.82. The summed E-state index contributed by atoms with van der Waals surface area (Å²) in [5, 5.41) is 11.6. The fourth-order valence-electron chi connectivity index (χ4n) is 2.82. The molecule has 3 heteroatoms. The molecule has 1 heterocycles. The van der Waals surface area contributed by atoms with Gasteiger partial charge in [-0.3, -0.25) is 4.79 Å². The van der Waals surface area contributed by atoms with Gasteiger partial charge in [0.15, 0.2) is 0 Å². The molecule has 112 valence electrons. The lowest BCUT2D eigenvalue weighted by molar-refractivity contribution is 0.220. The molecule has 0 amide bonds. The maximum absolute atomic E-state index is 12.5. The van der Waals surface area contributed by atoms with Gasteiger partial charge in [0.25, 0.3) is 0 Å². The molecule has 0 aliphatic carbocycles. The van der Waals surface area contributed by atoms with Crippen LogP contribution in [0.3, 0.4) is 0 Å². The van der Waals surface area contributed by atoms with Crippen LogP contribution in [0.2, 0.25) is 0 Å². The number of benzene rings is 3. The Kier molecular flexibility index (Phi) is 3.21. The first-order valence-electron chi connectivity index (χ1n) is 7.42. The van der Waals surface area contributed by atoms with Crippen molar-refractivity contribution in [2.75, 3.05) is 0 Å². The topological polar surface area (TPSA) is 50.4 Å². The Morgan fingerprint density at radius 1 is 0.739 bits per heavy atom. The summed E-state index contributed by atoms with van der Waals surface area (Å²) in [5.41, 5.74) is 2.48. The van der Waals surface area contributed by atoms with E-state index in [4.69, 9.17) is 4.42 Å². The van der Waals surface area contributed by atoms with E-state index in [1.807, 2.05) is 42.5 Å². The van der Waals surface area contributed by atoms with Gasteiger partial charge in [-0.2, -0.15) is 0 Å². The largest absolute Gasteiger partial charge is 0.456 e. The zero-order valence-corrected chi connectivity index (χ0v) is 12.3. The average Bonchev–Trinajstić information content (AvgIpc) is 2.61. The van der Waals surface area contributed by atoms with Crippen LogP contribution in [0.5, 0.6) is 0 Å². The minimum atomic E-state index is -0.752. The Morgan fingerprint density at radius 3 is 2.26 bits per heavy atom. The third kappa shape index (κ3) is 2.31. The number of rotatable bonds is 2. The Hall–Kier alpha value is -2.91. The van der Waals surface area contributed by atoms with Crippen LogP contribution in [0.15, 0.2) is 82.0 Å². The molecule has 3 aromatic carbocycles. The van der Waals surface area contributed by atoms with Crippen LogP contribution < -0.4 is 5.43 Å². The van der Waals surface area contributed by atoms with Gasteiger partial charge in [0.05, 0.1) is 10.8 Å². The first-order valence-corrected chi connectivity index (χ1v) is 7.42. The molecule has 0 aliphatic heterocycles. The van der Waals surface area contributed by atoms with Crippen molar-refractivity contribution < 1.29 is 9.52 Å². The van der Waals surface area contributed by atoms with Crippen LogP contribution in [-0.2, 0) is 0 Å². The number of hydrogen-bond acceptors (Lipinski definition) is 3. The normalized spacial score (nSPS) is 12.6. The van der Waals surface area contributed by atoms with Crippen LogP contribution in [0.25, 0.3) is 21.9 Å². The van der Waals surface area contributed by atoms with Crippen LogP contribution in [0, 0.1) is 0 Å². The molecule has 0 fully saturated rings. The Morgan fingerprint density at radius 2 is 1.43 bits per heavy atom. The summed E-state index contributed by atoms with van der Waals surface area (Å²) < 4.78 is 5.84. The molecule has 4 rings (SSSR count). The fraction of sp³-hybridized carbons (Fsp3) is 0.0500. The van der Waals surface area contributed by atoms with Crippen LogP contribution in [0.4, 0.5) is 0 Å². The summed E-state index contributed by atoms with van der Waals surface area (Å²) in [4.78, 5) is 12.5. The van der Waals surface area contributed by atoms with Crippen molar-refractivity contribution in [1.29, 1.82) is 0 Å². The molecule has 1 aromatic heterocycles. The highest BCUT2D eigenvalue weighted by Crippen LogP contribution is 2.26. The monoisotopic (exact) mass is 302 g/mol. The SMILES string of the molecule is O=c1c2ccccc2oc2cc([C@@H](O)c3ccccc3)ccc12. The maximum Gasteiger partial charge on any atom is 0.200 e. The van der Waals surface area contributed by atoms with Crippen LogP contribution in [-0.4, -0.2) is 5.11 Å². The predicted molar refractivity (Wildman–Crippen MR) is 90.5 cm³/mol. The highest BCUT2D eigenvalue weighted by molar-refractivity contribution is 5.89. The smallest absolute Gasteiger partial charge is 0.200 e. The van der Waals surface area contributed by atoms with Crippen molar-refractivity contribution >= 4 is 21.9 Å². The lowest BCUT2D eigenvalue weighted by atomic mass is 10.00. The van der Waals surface area contributed by atoms with Gasteiger partial charge in [0.1, 0.15) is 17.3 Å². The maximum atomic E-state index is 12.5. The lowest BCUT2D eigenvalue weighted by Crippen LogP contribution is -2.04. The Bertz CT molecular complexity index is 1050. The Balaban J connectivity index is 1.91. The van der Waals surface area contributed by atoms with Crippen molar-refractivity contribution in [2.45, 2.75) is 6.10 Å². The quantitative estimate of drug-likeness (QED) is 0.569. The van der Waals surface area contributed by atoms with Gasteiger partial charge in [0.2, 0.25) is 5.43 Å². The number of hydrogen-bond donors (Lipinski definition) is 1. The molecular weight excluding hydrogens is 288 g/mol. The third-order valence-corrected chi connectivity index (χ3v) is 4.03. The molecule has 0 radical (unpaired) electrons. The van der Waals surface area contributed by atoms with Crippen LogP contribution in [0.1, 0.15) is 17.2 Å². The van der Waals surface area contributed by atoms with Gasteiger partial charge in [-0.05, 0) is 35.4 Å². The summed E-state index contributed by atoms with van der Waals surface area (Å²) in [7, 11) is 0. The van der Waals surface area contributed by atoms with Crippen molar-refractivity contribution in [3.05, 3.63) is 94.1 Å². The van der Waals surface area contributed by atoms with Crippen LogP contribution >= 0.6 is 0 Å². The summed E-state index contributed by atoms with van der Waals surface area (Å²) in [6, 6.07) is 21.8. The predicted octanol–water partition coefficient (Wildman–Crippen LogP) is 4.03. The van der Waals surface area contributed by atoms with E-state index in [1.54, 1.807) is 30.3 Å². The molecule has 0 spiro atoms. The van der Waals surface area contributed by atoms with Gasteiger partial charge in [-0.25, -0.2) is 0 Å². The molecular formula is C20H14O3. The number of para-hydroxylation sites is 1. The van der Waals surface area contributed by atoms with E-state index >= 15 is 0 Å². The van der Waals surface area contributed by atoms with Crippen molar-refractivity contribution in [3.63, 3.8) is 0 Å². The second kappa shape index (κ2) is 5.38. The molecule has 0 saturated heterocycles. The van der Waals surface area contributed by atoms with E-state index in [9.17, 15) is 9.90 Å². The molecule has 0 aliphatic rings. The summed E-state index contributed by atoms with van der Waals surface area (Å²) >= 11 is 0. The molecule has 0 saturated carbocycles. The summed E-state index contributed by atoms with van der Waals surface area (Å²) in [5.74, 6) is 0. The summed E-state index contributed by atoms with van der Waals surface area (Å²) in [6.07, 6.45) is -0.752. The second-order valence-corrected chi connectivity index (χ2v) is 5.50. The zero-order chi connectivity index (χ0) is 15.8. The molecule has 0 bridgehead atoms. The molecule has 23 heavy (non-hydrogen) atoms. The first kappa shape index (κ1) is 13.7. The van der Waals surface area contributed by atoms with Crippen molar-refractivity contribution in [3.8, 4) is 0 Å². The Labute approximate surface area is 132 Å². The van der Waals surface area contributed by atoms with E-state index in [-0.39, 0.29) is 5.43 Å². The van der Waals surface area contributed by atoms with Gasteiger partial charge in [-0.15, -0.1) is 0 Å².